The van der Waals surface area contributed by atoms with E-state index in [9.17, 15) is 0 Å². The van der Waals surface area contributed by atoms with Crippen molar-refractivity contribution in [3.63, 3.8) is 0 Å². The molecule has 116 valence electrons. The monoisotopic (exact) mass is 294 g/mol. The van der Waals surface area contributed by atoms with Crippen molar-refractivity contribution in [1.82, 2.24) is 4.90 Å². The van der Waals surface area contributed by atoms with Crippen molar-refractivity contribution in [3.8, 4) is 0 Å². The van der Waals surface area contributed by atoms with Crippen LogP contribution in [0, 0.1) is 13.8 Å². The van der Waals surface area contributed by atoms with Crippen molar-refractivity contribution >= 4 is 0 Å². The molecule has 2 unspecified atom stereocenters. The van der Waals surface area contributed by atoms with E-state index in [1.165, 1.54) is 22.3 Å². The third-order valence-corrected chi connectivity index (χ3v) is 4.56. The van der Waals surface area contributed by atoms with E-state index in [0.29, 0.717) is 5.92 Å². The fourth-order valence-corrected chi connectivity index (χ4v) is 3.60. The number of benzene rings is 2. The van der Waals surface area contributed by atoms with E-state index in [1.807, 2.05) is 0 Å². The van der Waals surface area contributed by atoms with Gasteiger partial charge in [0.2, 0.25) is 0 Å². The molecule has 1 aliphatic heterocycles. The van der Waals surface area contributed by atoms with Crippen LogP contribution < -0.4 is 5.73 Å². The molecular formula is C20H26N2. The van der Waals surface area contributed by atoms with Crippen LogP contribution in [0.15, 0.2) is 48.5 Å². The molecule has 3 rings (SSSR count). The van der Waals surface area contributed by atoms with E-state index in [2.05, 4.69) is 67.3 Å². The molecular weight excluding hydrogens is 268 g/mol. The number of nitrogens with zero attached hydrogens (tertiary/aromatic N) is 1. The van der Waals surface area contributed by atoms with Crippen LogP contribution in [0.5, 0.6) is 0 Å². The van der Waals surface area contributed by atoms with E-state index in [4.69, 9.17) is 5.73 Å². The summed E-state index contributed by atoms with van der Waals surface area (Å²) in [6, 6.07) is 18.0. The Morgan fingerprint density at radius 1 is 1.00 bits per heavy atom. The number of nitrogens with two attached hydrogens (primary N) is 1. The van der Waals surface area contributed by atoms with Crippen molar-refractivity contribution in [3.05, 3.63) is 70.8 Å². The molecule has 0 aromatic heterocycles. The highest BCUT2D eigenvalue weighted by Crippen LogP contribution is 2.28. The van der Waals surface area contributed by atoms with Gasteiger partial charge >= 0.3 is 0 Å². The zero-order chi connectivity index (χ0) is 15.5. The molecule has 2 aromatic rings. The lowest BCUT2D eigenvalue weighted by atomic mass is 9.87. The van der Waals surface area contributed by atoms with Crippen LogP contribution in [0.3, 0.4) is 0 Å². The van der Waals surface area contributed by atoms with Crippen LogP contribution in [0.25, 0.3) is 0 Å². The van der Waals surface area contributed by atoms with Gasteiger partial charge < -0.3 is 5.73 Å². The Bertz CT molecular complexity index is 635. The normalized spacial score (nSPS) is 22.7. The van der Waals surface area contributed by atoms with Gasteiger partial charge in [-0.2, -0.15) is 0 Å². The Labute approximate surface area is 134 Å². The number of piperidine rings is 1. The molecule has 0 amide bonds. The molecule has 1 fully saturated rings. The second-order valence-corrected chi connectivity index (χ2v) is 6.79. The molecule has 22 heavy (non-hydrogen) atoms. The lowest BCUT2D eigenvalue weighted by Crippen LogP contribution is -2.45. The number of rotatable bonds is 3. The molecule has 0 radical (unpaired) electrons. The summed E-state index contributed by atoms with van der Waals surface area (Å²) < 4.78 is 0. The molecule has 2 aromatic carbocycles. The van der Waals surface area contributed by atoms with Gasteiger partial charge in [0.25, 0.3) is 0 Å². The number of hydrogen-bond acceptors (Lipinski definition) is 2. The molecule has 2 N–H and O–H groups in total. The van der Waals surface area contributed by atoms with E-state index in [0.717, 1.165) is 26.1 Å². The largest absolute Gasteiger partial charge is 0.327 e. The maximum Gasteiger partial charge on any atom is 0.0234 e. The van der Waals surface area contributed by atoms with Gasteiger partial charge in [0.05, 0.1) is 0 Å². The highest BCUT2D eigenvalue weighted by atomic mass is 15.1. The van der Waals surface area contributed by atoms with E-state index in [-0.39, 0.29) is 6.04 Å². The molecule has 2 atom stereocenters. The Balaban J connectivity index is 1.73. The third-order valence-electron chi connectivity index (χ3n) is 4.56. The van der Waals surface area contributed by atoms with Crippen LogP contribution in [-0.2, 0) is 6.54 Å². The van der Waals surface area contributed by atoms with Crippen molar-refractivity contribution in [1.29, 1.82) is 0 Å². The second kappa shape index (κ2) is 6.64. The first-order valence-corrected chi connectivity index (χ1v) is 8.20. The van der Waals surface area contributed by atoms with Gasteiger partial charge in [0.15, 0.2) is 0 Å². The lowest BCUT2D eigenvalue weighted by Gasteiger charge is -2.36. The molecule has 0 aliphatic carbocycles. The predicted molar refractivity (Wildman–Crippen MR) is 93.0 cm³/mol. The summed E-state index contributed by atoms with van der Waals surface area (Å²) in [7, 11) is 0. The highest BCUT2D eigenvalue weighted by molar-refractivity contribution is 5.27. The van der Waals surface area contributed by atoms with E-state index in [1.54, 1.807) is 0 Å². The summed E-state index contributed by atoms with van der Waals surface area (Å²) in [5.74, 6) is 0.549. The summed E-state index contributed by atoms with van der Waals surface area (Å²) in [5.41, 5.74) is 11.8. The van der Waals surface area contributed by atoms with Crippen molar-refractivity contribution in [2.75, 3.05) is 13.1 Å². The summed E-state index contributed by atoms with van der Waals surface area (Å²) in [4.78, 5) is 2.51. The van der Waals surface area contributed by atoms with Crippen LogP contribution in [0.2, 0.25) is 0 Å². The lowest BCUT2D eigenvalue weighted by molar-refractivity contribution is 0.181. The topological polar surface area (TPSA) is 29.3 Å². The molecule has 0 spiro atoms. The van der Waals surface area contributed by atoms with Gasteiger partial charge in [-0.3, -0.25) is 4.90 Å². The zero-order valence-corrected chi connectivity index (χ0v) is 13.6. The first-order valence-electron chi connectivity index (χ1n) is 8.20. The van der Waals surface area contributed by atoms with Crippen LogP contribution in [-0.4, -0.2) is 24.0 Å². The Morgan fingerprint density at radius 2 is 1.73 bits per heavy atom. The maximum atomic E-state index is 6.33. The maximum absolute atomic E-state index is 6.33. The minimum Gasteiger partial charge on any atom is -0.327 e. The average molecular weight is 294 g/mol. The Hall–Kier alpha value is -1.64. The van der Waals surface area contributed by atoms with Crippen molar-refractivity contribution in [2.45, 2.75) is 38.8 Å². The molecule has 1 saturated heterocycles. The molecule has 2 heteroatoms. The predicted octanol–water partition coefficient (Wildman–Crippen LogP) is 3.62. The SMILES string of the molecule is Cc1cccc(CN2CC(N)CC(c3cccc(C)c3)C2)c1. The average Bonchev–Trinajstić information content (AvgIpc) is 2.46. The zero-order valence-electron chi connectivity index (χ0n) is 13.6. The smallest absolute Gasteiger partial charge is 0.0234 e. The molecule has 2 nitrogen and oxygen atoms in total. The van der Waals surface area contributed by atoms with Gasteiger partial charge in [0, 0.05) is 25.7 Å². The quantitative estimate of drug-likeness (QED) is 0.937. The standard InChI is InChI=1S/C20H26N2/c1-15-5-3-7-17(9-15)12-22-13-19(11-20(21)14-22)18-8-4-6-16(2)10-18/h3-10,19-20H,11-14,21H2,1-2H3. The summed E-state index contributed by atoms with van der Waals surface area (Å²) >= 11 is 0. The van der Waals surface area contributed by atoms with Crippen LogP contribution in [0.4, 0.5) is 0 Å². The fraction of sp³-hybridized carbons (Fsp3) is 0.400. The Kier molecular flexibility index (Phi) is 4.60. The highest BCUT2D eigenvalue weighted by Gasteiger charge is 2.26. The molecule has 1 heterocycles. The molecule has 0 bridgehead atoms. The van der Waals surface area contributed by atoms with Gasteiger partial charge in [-0.15, -0.1) is 0 Å². The number of likely N-dealkylation sites (tertiary alicyclic amines) is 1. The molecule has 1 aliphatic rings. The molecule has 0 saturated carbocycles. The minimum absolute atomic E-state index is 0.268. The summed E-state index contributed by atoms with van der Waals surface area (Å²) in [6.45, 7) is 7.41. The number of aryl methyl sites for hydroxylation is 2. The van der Waals surface area contributed by atoms with Gasteiger partial charge in [-0.05, 0) is 37.3 Å². The van der Waals surface area contributed by atoms with Crippen molar-refractivity contribution < 1.29 is 0 Å². The summed E-state index contributed by atoms with van der Waals surface area (Å²) in [5, 5.41) is 0. The third kappa shape index (κ3) is 3.76. The van der Waals surface area contributed by atoms with E-state index < -0.39 is 0 Å². The van der Waals surface area contributed by atoms with Gasteiger partial charge in [-0.25, -0.2) is 0 Å². The summed E-state index contributed by atoms with van der Waals surface area (Å²) in [6.07, 6.45) is 1.09. The minimum atomic E-state index is 0.268. The second-order valence-electron chi connectivity index (χ2n) is 6.79. The van der Waals surface area contributed by atoms with E-state index >= 15 is 0 Å². The van der Waals surface area contributed by atoms with Gasteiger partial charge in [-0.1, -0.05) is 59.7 Å². The van der Waals surface area contributed by atoms with Crippen molar-refractivity contribution in [2.24, 2.45) is 5.73 Å². The number of hydrogen-bond donors (Lipinski definition) is 1. The first kappa shape index (κ1) is 15.3. The first-order chi connectivity index (χ1) is 10.6. The Morgan fingerprint density at radius 3 is 2.45 bits per heavy atom. The fourth-order valence-electron chi connectivity index (χ4n) is 3.60. The van der Waals surface area contributed by atoms with Crippen LogP contribution in [0.1, 0.15) is 34.6 Å². The van der Waals surface area contributed by atoms with Crippen LogP contribution >= 0.6 is 0 Å². The van der Waals surface area contributed by atoms with Gasteiger partial charge in [0.1, 0.15) is 0 Å².